The average Bonchev–Trinajstić information content (AvgIpc) is 3.16. The zero-order chi connectivity index (χ0) is 34.6. The number of para-hydroxylation sites is 1. The summed E-state index contributed by atoms with van der Waals surface area (Å²) in [7, 11) is 0. The molecular weight excluding hydrogens is 643 g/mol. The number of rotatable bonds is 5. The Bertz CT molecular complexity index is 2270. The van der Waals surface area contributed by atoms with Gasteiger partial charge in [0.15, 0.2) is 0 Å². The summed E-state index contributed by atoms with van der Waals surface area (Å²) < 4.78 is 13.0. The van der Waals surface area contributed by atoms with Crippen LogP contribution in [0.5, 0.6) is 17.2 Å². The van der Waals surface area contributed by atoms with Crippen LogP contribution in [0.1, 0.15) is 43.0 Å². The molecular formula is C47H37NO2S. The van der Waals surface area contributed by atoms with E-state index in [4.69, 9.17) is 9.47 Å². The Hall–Kier alpha value is -5.71. The van der Waals surface area contributed by atoms with Gasteiger partial charge in [-0.1, -0.05) is 109 Å². The molecule has 2 heterocycles. The van der Waals surface area contributed by atoms with Crippen LogP contribution in [0.15, 0.2) is 180 Å². The van der Waals surface area contributed by atoms with Gasteiger partial charge in [0.05, 0.1) is 5.41 Å². The predicted octanol–water partition coefficient (Wildman–Crippen LogP) is 13.0. The molecule has 3 nitrogen and oxygen atoms in total. The molecule has 0 amide bonds. The van der Waals surface area contributed by atoms with E-state index in [0.29, 0.717) is 0 Å². The van der Waals surface area contributed by atoms with Gasteiger partial charge in [-0.05, 0) is 116 Å². The van der Waals surface area contributed by atoms with E-state index in [9.17, 15) is 0 Å². The largest absolute Gasteiger partial charge is 0.488 e. The molecule has 2 aliphatic heterocycles. The van der Waals surface area contributed by atoms with Crippen LogP contribution in [-0.2, 0) is 5.41 Å². The van der Waals surface area contributed by atoms with Crippen LogP contribution in [0, 0.1) is 0 Å². The zero-order valence-corrected chi connectivity index (χ0v) is 29.7. The number of hydrogen-bond donors (Lipinski definition) is 0. The summed E-state index contributed by atoms with van der Waals surface area (Å²) in [4.78, 5) is 4.85. The summed E-state index contributed by atoms with van der Waals surface area (Å²) in [5.74, 6) is 2.59. The first-order valence-electron chi connectivity index (χ1n) is 17.4. The third kappa shape index (κ3) is 5.38. The van der Waals surface area contributed by atoms with Crippen LogP contribution in [-0.4, -0.2) is 5.60 Å². The second kappa shape index (κ2) is 12.3. The van der Waals surface area contributed by atoms with Gasteiger partial charge in [0.25, 0.3) is 0 Å². The normalized spacial score (nSPS) is 13.6. The number of hydrogen-bond acceptors (Lipinski definition) is 4. The van der Waals surface area contributed by atoms with Gasteiger partial charge >= 0.3 is 0 Å². The summed E-state index contributed by atoms with van der Waals surface area (Å²) >= 11 is 1.85. The molecule has 9 rings (SSSR count). The fourth-order valence-corrected chi connectivity index (χ4v) is 8.83. The van der Waals surface area contributed by atoms with Gasteiger partial charge in [0.2, 0.25) is 0 Å². The minimum absolute atomic E-state index is 0.289. The van der Waals surface area contributed by atoms with Crippen molar-refractivity contribution in [2.75, 3.05) is 4.90 Å². The Labute approximate surface area is 304 Å². The zero-order valence-electron chi connectivity index (χ0n) is 28.8. The van der Waals surface area contributed by atoms with Gasteiger partial charge in [-0.15, -0.1) is 0 Å². The third-order valence-electron chi connectivity index (χ3n) is 9.69. The van der Waals surface area contributed by atoms with Crippen molar-refractivity contribution in [2.24, 2.45) is 0 Å². The maximum Gasteiger partial charge on any atom is 0.132 e. The molecule has 0 bridgehead atoms. The Balaban J connectivity index is 1.26. The quantitative estimate of drug-likeness (QED) is 0.180. The molecule has 0 saturated carbocycles. The summed E-state index contributed by atoms with van der Waals surface area (Å²) in [6, 6.07) is 60.7. The summed E-state index contributed by atoms with van der Waals surface area (Å²) in [6.07, 6.45) is 0. The molecule has 0 aromatic heterocycles. The first kappa shape index (κ1) is 31.3. The van der Waals surface area contributed by atoms with Crippen molar-refractivity contribution in [3.05, 3.63) is 192 Å². The second-order valence-corrected chi connectivity index (χ2v) is 15.2. The van der Waals surface area contributed by atoms with Crippen molar-refractivity contribution in [3.8, 4) is 28.4 Å². The number of fused-ring (bicyclic) bond motifs is 8. The lowest BCUT2D eigenvalue weighted by Gasteiger charge is -2.45. The highest BCUT2D eigenvalue weighted by atomic mass is 32.2. The maximum atomic E-state index is 6.77. The molecule has 0 atom stereocenters. The summed E-state index contributed by atoms with van der Waals surface area (Å²) in [5, 5.41) is 0. The Morgan fingerprint density at radius 2 is 1.00 bits per heavy atom. The van der Waals surface area contributed by atoms with Crippen molar-refractivity contribution in [1.82, 2.24) is 0 Å². The Morgan fingerprint density at radius 1 is 0.490 bits per heavy atom. The van der Waals surface area contributed by atoms with Crippen molar-refractivity contribution in [2.45, 2.75) is 41.6 Å². The van der Waals surface area contributed by atoms with Crippen LogP contribution >= 0.6 is 11.8 Å². The molecule has 0 radical (unpaired) electrons. The smallest absolute Gasteiger partial charge is 0.132 e. The molecule has 0 unspecified atom stereocenters. The van der Waals surface area contributed by atoms with Crippen LogP contribution in [0.4, 0.5) is 17.1 Å². The Morgan fingerprint density at radius 3 is 1.65 bits per heavy atom. The molecule has 4 heteroatoms. The molecule has 0 fully saturated rings. The van der Waals surface area contributed by atoms with E-state index < -0.39 is 5.41 Å². The van der Waals surface area contributed by atoms with Crippen molar-refractivity contribution in [1.29, 1.82) is 0 Å². The highest BCUT2D eigenvalue weighted by molar-refractivity contribution is 7.99. The van der Waals surface area contributed by atoms with E-state index >= 15 is 0 Å². The number of anilines is 3. The lowest BCUT2D eigenvalue weighted by molar-refractivity contribution is 0.131. The average molecular weight is 680 g/mol. The van der Waals surface area contributed by atoms with Crippen LogP contribution in [0.3, 0.4) is 0 Å². The fraction of sp³-hybridized carbons (Fsp3) is 0.106. The molecule has 0 N–H and O–H groups in total. The monoisotopic (exact) mass is 679 g/mol. The van der Waals surface area contributed by atoms with E-state index in [1.165, 1.54) is 32.0 Å². The Kier molecular flexibility index (Phi) is 7.52. The van der Waals surface area contributed by atoms with E-state index in [2.05, 4.69) is 196 Å². The van der Waals surface area contributed by atoms with Gasteiger partial charge in [-0.25, -0.2) is 0 Å². The molecule has 0 saturated heterocycles. The molecule has 248 valence electrons. The first-order chi connectivity index (χ1) is 24.9. The number of benzene rings is 7. The van der Waals surface area contributed by atoms with E-state index in [1.807, 2.05) is 11.8 Å². The standard InChI is InChI=1S/C47H37NO2S/c1-46(2,3)50-37-28-25-35(26-29-37)48(34-23-21-33(22-24-34)32-13-5-4-6-14-32)36-27-30-43-41(31-36)47(38-15-7-10-18-42(38)49-43)39-16-8-11-19-44(39)51-45-20-12-9-17-40(45)47/h4-31H,1-3H3. The SMILES string of the molecule is CC(C)(C)Oc1ccc(N(c2ccc(-c3ccccc3)cc2)c2ccc3c(c2)C2(c4ccccc4O3)c3ccccc3Sc3ccccc32)cc1. The molecule has 51 heavy (non-hydrogen) atoms. The van der Waals surface area contributed by atoms with E-state index in [0.717, 1.165) is 45.4 Å². The van der Waals surface area contributed by atoms with Crippen molar-refractivity contribution < 1.29 is 9.47 Å². The molecule has 2 aliphatic rings. The van der Waals surface area contributed by atoms with Crippen molar-refractivity contribution in [3.63, 3.8) is 0 Å². The lowest BCUT2D eigenvalue weighted by Crippen LogP contribution is -2.36. The number of nitrogens with zero attached hydrogens (tertiary/aromatic N) is 1. The summed E-state index contributed by atoms with van der Waals surface area (Å²) in [6.45, 7) is 6.22. The molecule has 1 spiro atoms. The van der Waals surface area contributed by atoms with Gasteiger partial charge < -0.3 is 14.4 Å². The second-order valence-electron chi connectivity index (χ2n) is 14.1. The van der Waals surface area contributed by atoms with Crippen LogP contribution in [0.25, 0.3) is 11.1 Å². The predicted molar refractivity (Wildman–Crippen MR) is 209 cm³/mol. The van der Waals surface area contributed by atoms with Gasteiger partial charge in [0, 0.05) is 38.0 Å². The highest BCUT2D eigenvalue weighted by Gasteiger charge is 2.49. The molecule has 7 aromatic rings. The first-order valence-corrected chi connectivity index (χ1v) is 18.2. The minimum Gasteiger partial charge on any atom is -0.488 e. The van der Waals surface area contributed by atoms with Gasteiger partial charge in [0.1, 0.15) is 22.8 Å². The molecule has 7 aromatic carbocycles. The van der Waals surface area contributed by atoms with Gasteiger partial charge in [-0.3, -0.25) is 0 Å². The summed E-state index contributed by atoms with van der Waals surface area (Å²) in [5.41, 5.74) is 9.45. The highest BCUT2D eigenvalue weighted by Crippen LogP contribution is 2.62. The third-order valence-corrected chi connectivity index (χ3v) is 10.8. The maximum absolute atomic E-state index is 6.77. The van der Waals surface area contributed by atoms with E-state index in [-0.39, 0.29) is 5.60 Å². The lowest BCUT2D eigenvalue weighted by atomic mass is 9.63. The van der Waals surface area contributed by atoms with Gasteiger partial charge in [-0.2, -0.15) is 0 Å². The minimum atomic E-state index is -0.578. The number of ether oxygens (including phenoxy) is 2. The van der Waals surface area contributed by atoms with Crippen LogP contribution in [0.2, 0.25) is 0 Å². The molecule has 0 aliphatic carbocycles. The fourth-order valence-electron chi connectivity index (χ4n) is 7.64. The van der Waals surface area contributed by atoms with Crippen molar-refractivity contribution >= 4 is 28.8 Å². The van der Waals surface area contributed by atoms with E-state index in [1.54, 1.807) is 0 Å². The van der Waals surface area contributed by atoms with Crippen LogP contribution < -0.4 is 14.4 Å². The topological polar surface area (TPSA) is 21.7 Å².